The molecular weight excluding hydrogens is 412 g/mol. The Morgan fingerprint density at radius 1 is 1.12 bits per heavy atom. The van der Waals surface area contributed by atoms with E-state index < -0.39 is 0 Å². The number of ether oxygens (including phenoxy) is 2. The lowest BCUT2D eigenvalue weighted by atomic mass is 9.86. The molecule has 2 aromatic rings. The van der Waals surface area contributed by atoms with Gasteiger partial charge >= 0.3 is 0 Å². The Balaban J connectivity index is 1.53. The van der Waals surface area contributed by atoms with Crippen LogP contribution >= 0.6 is 0 Å². The number of methoxy groups -OCH3 is 1. The molecule has 2 heterocycles. The fraction of sp³-hybridized carbons (Fsp3) is 0.536. The second-order valence-corrected chi connectivity index (χ2v) is 10.3. The summed E-state index contributed by atoms with van der Waals surface area (Å²) in [4.78, 5) is 15.6. The first-order chi connectivity index (χ1) is 15.9. The minimum atomic E-state index is -0.00731. The van der Waals surface area contributed by atoms with Gasteiger partial charge in [0.1, 0.15) is 5.75 Å². The van der Waals surface area contributed by atoms with Gasteiger partial charge in [0.15, 0.2) is 0 Å². The smallest absolute Gasteiger partial charge is 0.226 e. The molecule has 4 rings (SSSR count). The van der Waals surface area contributed by atoms with Crippen LogP contribution in [0.1, 0.15) is 75.6 Å². The van der Waals surface area contributed by atoms with Gasteiger partial charge in [-0.2, -0.15) is 0 Å². The molecule has 0 aliphatic carbocycles. The highest BCUT2D eigenvalue weighted by Gasteiger charge is 2.38. The lowest BCUT2D eigenvalue weighted by Crippen LogP contribution is -2.46. The zero-order chi connectivity index (χ0) is 23.4. The highest BCUT2D eigenvalue weighted by atomic mass is 16.5. The van der Waals surface area contributed by atoms with E-state index in [1.54, 1.807) is 7.11 Å². The zero-order valence-electron chi connectivity index (χ0n) is 20.5. The molecule has 3 atom stereocenters. The lowest BCUT2D eigenvalue weighted by molar-refractivity contribution is -0.137. The molecule has 2 aromatic carbocycles. The SMILES string of the molecule is COc1ccc(C(C)(C)C)cc1CNC1CCC(c2ccccc2)N1C(=O)CC1CCCO1. The molecule has 178 valence electrons. The molecule has 0 radical (unpaired) electrons. The minimum absolute atomic E-state index is 0.00731. The molecule has 0 aromatic heterocycles. The molecule has 33 heavy (non-hydrogen) atoms. The van der Waals surface area contributed by atoms with Gasteiger partial charge in [-0.1, -0.05) is 63.2 Å². The van der Waals surface area contributed by atoms with Crippen LogP contribution in [0.2, 0.25) is 0 Å². The van der Waals surface area contributed by atoms with Gasteiger partial charge in [-0.15, -0.1) is 0 Å². The van der Waals surface area contributed by atoms with Crippen LogP contribution in [0.5, 0.6) is 5.75 Å². The Labute approximate surface area is 198 Å². The second kappa shape index (κ2) is 10.3. The number of hydrogen-bond donors (Lipinski definition) is 1. The Hall–Kier alpha value is -2.37. The number of rotatable bonds is 7. The van der Waals surface area contributed by atoms with Crippen LogP contribution in [-0.2, 0) is 21.5 Å². The van der Waals surface area contributed by atoms with Crippen molar-refractivity contribution in [3.8, 4) is 5.75 Å². The molecule has 5 heteroatoms. The maximum absolute atomic E-state index is 13.5. The summed E-state index contributed by atoms with van der Waals surface area (Å²) in [6.45, 7) is 8.09. The number of carbonyl (C=O) groups is 1. The standard InChI is InChI=1S/C28H38N2O3/c1-28(2,3)22-12-14-25(32-4)21(17-22)19-29-26-15-13-24(20-9-6-5-7-10-20)30(26)27(31)18-23-11-8-16-33-23/h5-7,9-10,12,14,17,23-24,26,29H,8,11,13,15-16,18-19H2,1-4H3. The van der Waals surface area contributed by atoms with Crippen molar-refractivity contribution in [2.45, 2.75) is 83.1 Å². The zero-order valence-corrected chi connectivity index (χ0v) is 20.5. The highest BCUT2D eigenvalue weighted by molar-refractivity contribution is 5.78. The summed E-state index contributed by atoms with van der Waals surface area (Å²) in [5, 5.41) is 3.69. The van der Waals surface area contributed by atoms with Crippen molar-refractivity contribution in [1.29, 1.82) is 0 Å². The van der Waals surface area contributed by atoms with Gasteiger partial charge in [0.25, 0.3) is 0 Å². The van der Waals surface area contributed by atoms with Crippen molar-refractivity contribution < 1.29 is 14.3 Å². The lowest BCUT2D eigenvalue weighted by Gasteiger charge is -2.32. The molecule has 2 aliphatic heterocycles. The third-order valence-electron chi connectivity index (χ3n) is 6.96. The summed E-state index contributed by atoms with van der Waals surface area (Å²) in [6, 6.07) is 16.9. The van der Waals surface area contributed by atoms with E-state index in [1.807, 2.05) is 6.07 Å². The van der Waals surface area contributed by atoms with E-state index in [1.165, 1.54) is 11.1 Å². The molecule has 1 amide bonds. The van der Waals surface area contributed by atoms with E-state index in [-0.39, 0.29) is 29.6 Å². The van der Waals surface area contributed by atoms with Crippen molar-refractivity contribution >= 4 is 5.91 Å². The maximum Gasteiger partial charge on any atom is 0.226 e. The largest absolute Gasteiger partial charge is 0.496 e. The summed E-state index contributed by atoms with van der Waals surface area (Å²) < 4.78 is 11.4. The van der Waals surface area contributed by atoms with E-state index >= 15 is 0 Å². The number of carbonyl (C=O) groups excluding carboxylic acids is 1. The minimum Gasteiger partial charge on any atom is -0.496 e. The molecule has 0 saturated carbocycles. The quantitative estimate of drug-likeness (QED) is 0.619. The predicted octanol–water partition coefficient (Wildman–Crippen LogP) is 5.34. The van der Waals surface area contributed by atoms with Crippen LogP contribution in [-0.4, -0.2) is 36.8 Å². The van der Waals surface area contributed by atoms with E-state index in [9.17, 15) is 4.79 Å². The molecule has 0 spiro atoms. The molecule has 5 nitrogen and oxygen atoms in total. The van der Waals surface area contributed by atoms with Gasteiger partial charge in [-0.3, -0.25) is 10.1 Å². The number of likely N-dealkylation sites (tertiary alicyclic amines) is 1. The van der Waals surface area contributed by atoms with E-state index in [4.69, 9.17) is 9.47 Å². The number of benzene rings is 2. The van der Waals surface area contributed by atoms with Crippen molar-refractivity contribution in [1.82, 2.24) is 10.2 Å². The molecular formula is C28H38N2O3. The Morgan fingerprint density at radius 2 is 1.91 bits per heavy atom. The Bertz CT molecular complexity index is 932. The average Bonchev–Trinajstić information content (AvgIpc) is 3.47. The van der Waals surface area contributed by atoms with Gasteiger partial charge in [-0.05, 0) is 48.3 Å². The van der Waals surface area contributed by atoms with Crippen molar-refractivity contribution in [3.05, 3.63) is 65.2 Å². The van der Waals surface area contributed by atoms with Crippen LogP contribution in [0.3, 0.4) is 0 Å². The van der Waals surface area contributed by atoms with Gasteiger partial charge in [0.05, 0.1) is 31.8 Å². The maximum atomic E-state index is 13.5. The fourth-order valence-electron chi connectivity index (χ4n) is 5.08. The topological polar surface area (TPSA) is 50.8 Å². The number of hydrogen-bond acceptors (Lipinski definition) is 4. The molecule has 2 aliphatic rings. The summed E-state index contributed by atoms with van der Waals surface area (Å²) in [5.74, 6) is 1.06. The summed E-state index contributed by atoms with van der Waals surface area (Å²) in [5.41, 5.74) is 3.67. The molecule has 3 unspecified atom stereocenters. The first-order valence-corrected chi connectivity index (χ1v) is 12.3. The van der Waals surface area contributed by atoms with Crippen LogP contribution < -0.4 is 10.1 Å². The average molecular weight is 451 g/mol. The third-order valence-corrected chi connectivity index (χ3v) is 6.96. The van der Waals surface area contributed by atoms with Crippen LogP contribution in [0.25, 0.3) is 0 Å². The van der Waals surface area contributed by atoms with Crippen molar-refractivity contribution in [2.75, 3.05) is 13.7 Å². The van der Waals surface area contributed by atoms with Crippen molar-refractivity contribution in [2.24, 2.45) is 0 Å². The monoisotopic (exact) mass is 450 g/mol. The second-order valence-electron chi connectivity index (χ2n) is 10.3. The van der Waals surface area contributed by atoms with Crippen LogP contribution in [0, 0.1) is 0 Å². The molecule has 1 N–H and O–H groups in total. The van der Waals surface area contributed by atoms with Crippen LogP contribution in [0.4, 0.5) is 0 Å². The fourth-order valence-corrected chi connectivity index (χ4v) is 5.08. The summed E-state index contributed by atoms with van der Waals surface area (Å²) in [6.07, 6.45) is 4.42. The van der Waals surface area contributed by atoms with Gasteiger partial charge in [0.2, 0.25) is 5.91 Å². The highest BCUT2D eigenvalue weighted by Crippen LogP contribution is 2.37. The number of nitrogens with one attached hydrogen (secondary N) is 1. The van der Waals surface area contributed by atoms with E-state index in [2.05, 4.69) is 73.5 Å². The molecule has 2 fully saturated rings. The normalized spacial score (nSPS) is 23.2. The predicted molar refractivity (Wildman–Crippen MR) is 131 cm³/mol. The van der Waals surface area contributed by atoms with E-state index in [0.29, 0.717) is 13.0 Å². The summed E-state index contributed by atoms with van der Waals surface area (Å²) in [7, 11) is 1.72. The summed E-state index contributed by atoms with van der Waals surface area (Å²) >= 11 is 0. The third kappa shape index (κ3) is 5.59. The Kier molecular flexibility index (Phi) is 7.40. The van der Waals surface area contributed by atoms with Gasteiger partial charge < -0.3 is 14.4 Å². The number of amides is 1. The molecule has 2 saturated heterocycles. The number of nitrogens with zero attached hydrogens (tertiary/aromatic N) is 1. The van der Waals surface area contributed by atoms with Gasteiger partial charge in [0, 0.05) is 18.7 Å². The molecule has 0 bridgehead atoms. The van der Waals surface area contributed by atoms with Gasteiger partial charge in [-0.25, -0.2) is 0 Å². The Morgan fingerprint density at radius 3 is 2.58 bits per heavy atom. The van der Waals surface area contributed by atoms with E-state index in [0.717, 1.165) is 43.6 Å². The van der Waals surface area contributed by atoms with Crippen molar-refractivity contribution in [3.63, 3.8) is 0 Å². The first kappa shape index (κ1) is 23.8. The first-order valence-electron chi connectivity index (χ1n) is 12.3. The van der Waals surface area contributed by atoms with Crippen LogP contribution in [0.15, 0.2) is 48.5 Å².